The Balaban J connectivity index is 1.80. The molecule has 0 spiro atoms. The van der Waals surface area contributed by atoms with Gasteiger partial charge in [-0.05, 0) is 31.0 Å². The Hall–Kier alpha value is -2.75. The van der Waals surface area contributed by atoms with Gasteiger partial charge in [0, 0.05) is 24.9 Å². The fourth-order valence-corrected chi connectivity index (χ4v) is 3.25. The van der Waals surface area contributed by atoms with Gasteiger partial charge in [-0.1, -0.05) is 6.07 Å². The molecule has 2 N–H and O–H groups in total. The number of aromatic nitrogens is 3. The zero-order valence-electron chi connectivity index (χ0n) is 13.5. The van der Waals surface area contributed by atoms with Crippen molar-refractivity contribution in [2.24, 2.45) is 0 Å². The summed E-state index contributed by atoms with van der Waals surface area (Å²) < 4.78 is 23.2. The normalized spacial score (nSPS) is 14.5. The molecule has 1 aromatic heterocycles. The second kappa shape index (κ2) is 6.63. The number of carbonyl (C=O) groups excluding carboxylic acids is 2. The van der Waals surface area contributed by atoms with E-state index in [0.717, 1.165) is 19.1 Å². The lowest BCUT2D eigenvalue weighted by Gasteiger charge is -2.13. The van der Waals surface area contributed by atoms with E-state index in [9.17, 15) is 18.0 Å². The van der Waals surface area contributed by atoms with Crippen molar-refractivity contribution in [1.82, 2.24) is 20.3 Å². The summed E-state index contributed by atoms with van der Waals surface area (Å²) in [6, 6.07) is 5.63. The second-order valence-corrected chi connectivity index (χ2v) is 7.79. The van der Waals surface area contributed by atoms with Gasteiger partial charge in [0.1, 0.15) is 0 Å². The summed E-state index contributed by atoms with van der Waals surface area (Å²) in [5, 5.41) is 12.5. The highest BCUT2D eigenvalue weighted by Crippen LogP contribution is 2.17. The summed E-state index contributed by atoms with van der Waals surface area (Å²) in [5.74, 6) is -0.854. The third-order valence-corrected chi connectivity index (χ3v) is 5.01. The van der Waals surface area contributed by atoms with Gasteiger partial charge < -0.3 is 10.2 Å². The number of nitrogens with zero attached hydrogens (tertiary/aromatic N) is 3. The van der Waals surface area contributed by atoms with Crippen LogP contribution < -0.4 is 5.32 Å². The van der Waals surface area contributed by atoms with Crippen molar-refractivity contribution < 1.29 is 18.0 Å². The number of hydrogen-bond donors (Lipinski definition) is 2. The van der Waals surface area contributed by atoms with Crippen LogP contribution >= 0.6 is 0 Å². The molecule has 3 rings (SSSR count). The molecule has 1 fully saturated rings. The lowest BCUT2D eigenvalue weighted by Crippen LogP contribution is -2.29. The molecule has 1 aromatic carbocycles. The highest BCUT2D eigenvalue weighted by molar-refractivity contribution is 7.90. The predicted octanol–water partition coefficient (Wildman–Crippen LogP) is 0.696. The van der Waals surface area contributed by atoms with Crippen LogP contribution in [0.3, 0.4) is 0 Å². The Bertz CT molecular complexity index is 916. The van der Waals surface area contributed by atoms with Crippen LogP contribution in [0.5, 0.6) is 0 Å². The van der Waals surface area contributed by atoms with Gasteiger partial charge in [0.25, 0.3) is 11.8 Å². The van der Waals surface area contributed by atoms with E-state index in [1.54, 1.807) is 4.90 Å². The lowest BCUT2D eigenvalue weighted by molar-refractivity contribution is 0.0788. The van der Waals surface area contributed by atoms with Crippen molar-refractivity contribution in [3.63, 3.8) is 0 Å². The molecule has 2 heterocycles. The minimum Gasteiger partial charge on any atom is -0.337 e. The van der Waals surface area contributed by atoms with E-state index in [-0.39, 0.29) is 27.9 Å². The fourth-order valence-electron chi connectivity index (χ4n) is 2.58. The third kappa shape index (κ3) is 3.68. The Morgan fingerprint density at radius 3 is 2.60 bits per heavy atom. The number of hydrogen-bond acceptors (Lipinski definition) is 6. The van der Waals surface area contributed by atoms with Gasteiger partial charge in [-0.25, -0.2) is 8.42 Å². The van der Waals surface area contributed by atoms with E-state index >= 15 is 0 Å². The largest absolute Gasteiger partial charge is 0.337 e. The molecule has 1 aliphatic rings. The highest BCUT2D eigenvalue weighted by Gasteiger charge is 2.26. The first-order chi connectivity index (χ1) is 11.9. The molecule has 0 atom stereocenters. The molecule has 132 valence electrons. The average molecular weight is 363 g/mol. The standard InChI is InChI=1S/C15H17N5O4S/c1-25(23,24)11-6-4-5-10(9-11)14(21)16-13-12(17-19-18-13)15(22)20-7-2-3-8-20/h4-6,9H,2-3,7-8H2,1H3,(H2,16,17,18,19,21). The van der Waals surface area contributed by atoms with E-state index in [1.165, 1.54) is 24.3 Å². The van der Waals surface area contributed by atoms with Gasteiger partial charge in [0.2, 0.25) is 0 Å². The van der Waals surface area contributed by atoms with Crippen molar-refractivity contribution in [2.45, 2.75) is 17.7 Å². The van der Waals surface area contributed by atoms with Gasteiger partial charge in [-0.15, -0.1) is 10.2 Å². The number of anilines is 1. The molecule has 0 radical (unpaired) electrons. The van der Waals surface area contributed by atoms with Gasteiger partial charge in [-0.2, -0.15) is 5.21 Å². The Labute approximate surface area is 144 Å². The Morgan fingerprint density at radius 2 is 1.92 bits per heavy atom. The quantitative estimate of drug-likeness (QED) is 0.823. The monoisotopic (exact) mass is 363 g/mol. The molecular formula is C15H17N5O4S. The lowest BCUT2D eigenvalue weighted by atomic mass is 10.2. The van der Waals surface area contributed by atoms with Crippen LogP contribution in [0, 0.1) is 0 Å². The van der Waals surface area contributed by atoms with Crippen LogP contribution in [-0.4, -0.2) is 59.9 Å². The van der Waals surface area contributed by atoms with Crippen molar-refractivity contribution in [3.05, 3.63) is 35.5 Å². The first kappa shape index (κ1) is 17.1. The topological polar surface area (TPSA) is 125 Å². The molecule has 2 amide bonds. The minimum atomic E-state index is -3.43. The van der Waals surface area contributed by atoms with Crippen LogP contribution in [0.1, 0.15) is 33.7 Å². The molecule has 1 saturated heterocycles. The van der Waals surface area contributed by atoms with E-state index in [2.05, 4.69) is 20.7 Å². The number of sulfone groups is 1. The number of aromatic amines is 1. The Kier molecular flexibility index (Phi) is 4.53. The first-order valence-electron chi connectivity index (χ1n) is 7.68. The molecule has 0 bridgehead atoms. The van der Waals surface area contributed by atoms with Crippen LogP contribution in [0.2, 0.25) is 0 Å². The van der Waals surface area contributed by atoms with Crippen LogP contribution in [-0.2, 0) is 9.84 Å². The SMILES string of the molecule is CS(=O)(=O)c1cccc(C(=O)Nc2n[nH]nc2C(=O)N2CCCC2)c1. The summed E-state index contributed by atoms with van der Waals surface area (Å²) in [6.45, 7) is 1.30. The van der Waals surface area contributed by atoms with Crippen LogP contribution in [0.25, 0.3) is 0 Å². The number of nitrogens with one attached hydrogen (secondary N) is 2. The molecule has 25 heavy (non-hydrogen) atoms. The highest BCUT2D eigenvalue weighted by atomic mass is 32.2. The van der Waals surface area contributed by atoms with E-state index < -0.39 is 15.7 Å². The molecule has 1 aliphatic heterocycles. The molecule has 10 heteroatoms. The summed E-state index contributed by atoms with van der Waals surface area (Å²) >= 11 is 0. The number of H-pyrrole nitrogens is 1. The van der Waals surface area contributed by atoms with Gasteiger partial charge in [0.15, 0.2) is 21.3 Å². The molecule has 0 unspecified atom stereocenters. The smallest absolute Gasteiger partial charge is 0.278 e. The van der Waals surface area contributed by atoms with Crippen molar-refractivity contribution in [2.75, 3.05) is 24.7 Å². The summed E-state index contributed by atoms with van der Waals surface area (Å²) in [5.41, 5.74) is 0.181. The van der Waals surface area contributed by atoms with Gasteiger partial charge in [-0.3, -0.25) is 9.59 Å². The van der Waals surface area contributed by atoms with Crippen LogP contribution in [0.4, 0.5) is 5.82 Å². The molecule has 0 saturated carbocycles. The number of carbonyl (C=O) groups is 2. The van der Waals surface area contributed by atoms with E-state index in [0.29, 0.717) is 13.1 Å². The first-order valence-corrected chi connectivity index (χ1v) is 9.57. The maximum absolute atomic E-state index is 12.4. The predicted molar refractivity (Wildman–Crippen MR) is 89.0 cm³/mol. The zero-order valence-corrected chi connectivity index (χ0v) is 14.3. The average Bonchev–Trinajstić information content (AvgIpc) is 3.25. The second-order valence-electron chi connectivity index (χ2n) is 5.77. The maximum atomic E-state index is 12.4. The zero-order chi connectivity index (χ0) is 18.0. The number of amides is 2. The molecule has 2 aromatic rings. The molecule has 0 aliphatic carbocycles. The van der Waals surface area contributed by atoms with Crippen LogP contribution in [0.15, 0.2) is 29.2 Å². The summed E-state index contributed by atoms with van der Waals surface area (Å²) in [6.07, 6.45) is 2.93. The van der Waals surface area contributed by atoms with Crippen molar-refractivity contribution >= 4 is 27.5 Å². The van der Waals surface area contributed by atoms with Gasteiger partial charge in [0.05, 0.1) is 4.90 Å². The molecular weight excluding hydrogens is 346 g/mol. The summed E-state index contributed by atoms with van der Waals surface area (Å²) in [7, 11) is -3.43. The minimum absolute atomic E-state index is 0.0201. The van der Waals surface area contributed by atoms with Crippen molar-refractivity contribution in [1.29, 1.82) is 0 Å². The third-order valence-electron chi connectivity index (χ3n) is 3.90. The Morgan fingerprint density at radius 1 is 1.20 bits per heavy atom. The number of rotatable bonds is 4. The van der Waals surface area contributed by atoms with Gasteiger partial charge >= 0.3 is 0 Å². The number of likely N-dealkylation sites (tertiary alicyclic amines) is 1. The van der Waals surface area contributed by atoms with E-state index in [1.807, 2.05) is 0 Å². The maximum Gasteiger partial charge on any atom is 0.278 e. The number of benzene rings is 1. The van der Waals surface area contributed by atoms with E-state index in [4.69, 9.17) is 0 Å². The molecule has 9 nitrogen and oxygen atoms in total. The van der Waals surface area contributed by atoms with Crippen molar-refractivity contribution in [3.8, 4) is 0 Å². The summed E-state index contributed by atoms with van der Waals surface area (Å²) in [4.78, 5) is 26.5. The fraction of sp³-hybridized carbons (Fsp3) is 0.333.